The molecule has 0 saturated carbocycles. The summed E-state index contributed by atoms with van der Waals surface area (Å²) in [4.78, 5) is 179. The first-order valence-corrected chi connectivity index (χ1v) is 45.2. The molecule has 0 spiro atoms. The summed E-state index contributed by atoms with van der Waals surface area (Å²) in [7, 11) is 9.72. The number of allylic oxidation sites excluding steroid dienone is 3. The Bertz CT molecular complexity index is 4630. The molecular weight excluding hydrogens is 1680 g/mol. The van der Waals surface area contributed by atoms with Gasteiger partial charge in [-0.2, -0.15) is 0 Å². The van der Waals surface area contributed by atoms with Crippen LogP contribution in [0.4, 0.5) is 10.5 Å². The molecule has 4 bridgehead atoms. The van der Waals surface area contributed by atoms with Crippen molar-refractivity contribution in [1.82, 2.24) is 52.4 Å². The number of hydrogen-bond acceptors (Lipinski definition) is 26. The number of benzene rings is 4. The second-order valence-corrected chi connectivity index (χ2v) is 36.4. The van der Waals surface area contributed by atoms with Crippen LogP contribution in [0.3, 0.4) is 0 Å². The highest BCUT2D eigenvalue weighted by atomic mass is 35.5. The summed E-state index contributed by atoms with van der Waals surface area (Å²) in [6.07, 6.45) is -0.267. The van der Waals surface area contributed by atoms with Gasteiger partial charge in [0.25, 0.3) is 0 Å². The number of nitrogens with zero attached hydrogens (tertiary/aromatic N) is 2. The number of esters is 1. The van der Waals surface area contributed by atoms with Gasteiger partial charge in [-0.25, -0.2) is 9.59 Å². The number of primary amides is 1. The number of phenols is 1. The quantitative estimate of drug-likeness (QED) is 0.0155. The number of anilines is 1. The predicted molar refractivity (Wildman–Crippen MR) is 465 cm³/mol. The van der Waals surface area contributed by atoms with Crippen molar-refractivity contribution in [3.05, 3.63) is 148 Å². The molecule has 39 heteroatoms. The van der Waals surface area contributed by atoms with Crippen LogP contribution in [-0.4, -0.2) is 250 Å². The number of aromatic hydroxyl groups is 1. The van der Waals surface area contributed by atoms with Crippen LogP contribution in [-0.2, 0) is 97.4 Å². The van der Waals surface area contributed by atoms with Crippen molar-refractivity contribution in [2.75, 3.05) is 62.8 Å². The van der Waals surface area contributed by atoms with E-state index in [0.29, 0.717) is 46.0 Å². The van der Waals surface area contributed by atoms with Crippen LogP contribution < -0.4 is 69.4 Å². The van der Waals surface area contributed by atoms with Crippen LogP contribution in [0.1, 0.15) is 95.4 Å². The largest absolute Gasteiger partial charge is 0.508 e. The SMILES string of the molecule is COc1cc2cc(c1Cl)N(C)C(=O)C[C@H](OC(=O)[C@H](C)N(C)C(=O)CCSSC[C@H](NC(=O)[C@@H]1CSSC[C@H](NC(=O)[C@H](N)Cc3ccccc3)C(=O)N[C@@H](Cc3ccc(O)cc3)C(=O)N[C@H](Cc3c[nH]c4ccccc34)C(=O)N[C@@H](CCCCN)C(=O)N[C@@H]([C@@H](C)O)C(=O)N1)C(N)=O)[C@]1(C)O[C@H]1[C@H](C)[C@@H]1C[C@@](O)(NC(=O)O1)[C@H](OC)/C=C/C=C(\C)C2. The van der Waals surface area contributed by atoms with E-state index >= 15 is 9.59 Å². The average molecular weight is 1790 g/mol. The van der Waals surface area contributed by atoms with Crippen LogP contribution in [0.5, 0.6) is 11.5 Å². The van der Waals surface area contributed by atoms with Crippen molar-refractivity contribution in [1.29, 1.82) is 0 Å². The first-order chi connectivity index (χ1) is 58.0. The van der Waals surface area contributed by atoms with E-state index in [9.17, 15) is 63.3 Å². The zero-order valence-electron chi connectivity index (χ0n) is 69.2. The van der Waals surface area contributed by atoms with Gasteiger partial charge in [0, 0.05) is 92.9 Å². The van der Waals surface area contributed by atoms with Crippen molar-refractivity contribution in [3.63, 3.8) is 0 Å². The second-order valence-electron chi connectivity index (χ2n) is 30.8. The standard InChI is InChI=1S/C83H109ClN14O20S4/c1-44-18-17-24-65(115-9)83(113)39-64(116-81(112)96-83)45(2)71-82(5,118-71)66(38-68(102)98(7)62-35-50(32-44)36-63(114-8)69(62)84)117-80(111)46(3)97(6)67(101)29-31-119-120-41-59(72(87)103)92-78(109)61-43-122-121-42-60(93-73(104)54(86)33-48-19-11-10-12-20-48)77(108)90-57(34-49-25-27-52(100)28-26-49)75(106)91-58(37-51-40-88-55-22-14-13-21-53(51)55)76(107)89-56(23-15-16-30-85)74(105)95-70(47(4)99)79(110)94-61/h10-14,17-22,24-28,35-36,40,45-47,54,56-61,64-66,70-71,88,99-100,113H,15-16,23,29-34,37-39,41-43,85-86H2,1-9H3,(H2,87,103)(H,89,107)(H,90,108)(H,91,106)(H,92,109)(H,93,104)(H,94,110)(H,95,105)(H,96,112)/b24-17+,44-18+/t45-,46+,47-,54-,56+,57+,58-,59+,60+,61+,64+,65-,66+,70+,71+,82+,83+/m1/s1. The lowest BCUT2D eigenvalue weighted by atomic mass is 9.83. The van der Waals surface area contributed by atoms with E-state index in [1.807, 2.05) is 19.1 Å². The number of halogens is 1. The van der Waals surface area contributed by atoms with Crippen LogP contribution in [0.15, 0.2) is 121 Å². The Balaban J connectivity index is 0.910. The number of hydrogen-bond donors (Lipinski definition) is 15. The van der Waals surface area contributed by atoms with Crippen LogP contribution in [0, 0.1) is 5.92 Å². The van der Waals surface area contributed by atoms with Gasteiger partial charge >= 0.3 is 12.1 Å². The normalized spacial score (nSPS) is 26.5. The maximum atomic E-state index is 15.1. The van der Waals surface area contributed by atoms with Crippen molar-refractivity contribution in [2.24, 2.45) is 23.1 Å². The van der Waals surface area contributed by atoms with E-state index in [1.165, 1.54) is 71.3 Å². The number of aromatic amines is 1. The minimum Gasteiger partial charge on any atom is -0.508 e. The zero-order chi connectivity index (χ0) is 88.9. The van der Waals surface area contributed by atoms with Crippen LogP contribution in [0.2, 0.25) is 5.02 Å². The number of ether oxygens (including phenoxy) is 5. The van der Waals surface area contributed by atoms with E-state index in [4.69, 9.17) is 52.5 Å². The number of aromatic nitrogens is 1. The highest BCUT2D eigenvalue weighted by molar-refractivity contribution is 8.77. The van der Waals surface area contributed by atoms with Gasteiger partial charge in [0.2, 0.25) is 59.1 Å². The van der Waals surface area contributed by atoms with Gasteiger partial charge in [0.1, 0.15) is 88.8 Å². The van der Waals surface area contributed by atoms with E-state index in [0.717, 1.165) is 53.6 Å². The van der Waals surface area contributed by atoms with Gasteiger partial charge in [-0.1, -0.05) is 146 Å². The van der Waals surface area contributed by atoms with Crippen molar-refractivity contribution >= 4 is 143 Å². The lowest BCUT2D eigenvalue weighted by Crippen LogP contribution is -2.63. The summed E-state index contributed by atoms with van der Waals surface area (Å²) >= 11 is 6.89. The molecule has 11 amide bonds. The maximum absolute atomic E-state index is 15.1. The molecule has 4 aromatic carbocycles. The summed E-state index contributed by atoms with van der Waals surface area (Å²) < 4.78 is 29.7. The summed E-state index contributed by atoms with van der Waals surface area (Å²) in [5.74, 6) is -10.8. The van der Waals surface area contributed by atoms with Gasteiger partial charge in [0.05, 0.1) is 37.5 Å². The molecule has 3 saturated heterocycles. The number of aliphatic hydroxyl groups is 2. The molecule has 34 nitrogen and oxygen atoms in total. The number of carbonyl (C=O) groups is 12. The zero-order valence-corrected chi connectivity index (χ0v) is 73.2. The van der Waals surface area contributed by atoms with Crippen LogP contribution >= 0.6 is 54.8 Å². The third-order valence-electron chi connectivity index (χ3n) is 21.7. The fourth-order valence-corrected chi connectivity index (χ4v) is 19.1. The fourth-order valence-electron chi connectivity index (χ4n) is 14.3. The number of alkyl carbamates (subject to hydrolysis) is 1. The maximum Gasteiger partial charge on any atom is 0.409 e. The number of fused-ring (bicyclic) bond motifs is 6. The number of para-hydroxylation sites is 1. The Hall–Kier alpha value is -9.61. The number of unbranched alkanes of at least 4 members (excludes halogenated alkanes) is 1. The topological polar surface area (TPSA) is 512 Å². The molecule has 3 fully saturated rings. The third-order valence-corrected chi connectivity index (χ3v) is 27.0. The molecule has 4 aliphatic rings. The van der Waals surface area contributed by atoms with Crippen molar-refractivity contribution in [2.45, 2.75) is 195 Å². The predicted octanol–water partition coefficient (Wildman–Crippen LogP) is 3.31. The average Bonchev–Trinajstić information content (AvgIpc) is 1.57. The Morgan fingerprint density at radius 1 is 0.844 bits per heavy atom. The molecular formula is C83H109ClN14O20S4. The lowest BCUT2D eigenvalue weighted by Gasteiger charge is -2.42. The van der Waals surface area contributed by atoms with Gasteiger partial charge in [-0.3, -0.25) is 53.3 Å². The Labute approximate surface area is 727 Å². The fraction of sp³-hybridized carbons (Fsp3) is 0.494. The molecule has 18 N–H and O–H groups in total. The smallest absolute Gasteiger partial charge is 0.409 e. The molecule has 662 valence electrons. The minimum absolute atomic E-state index is 0.0522. The highest BCUT2D eigenvalue weighted by Crippen LogP contribution is 2.49. The number of amides is 11. The van der Waals surface area contributed by atoms with E-state index in [1.54, 1.807) is 92.9 Å². The molecule has 1 aromatic heterocycles. The third kappa shape index (κ3) is 26.0. The number of rotatable bonds is 27. The number of nitrogens with one attached hydrogen (secondary N) is 9. The molecule has 0 aliphatic carbocycles. The Morgan fingerprint density at radius 2 is 1.52 bits per heavy atom. The first-order valence-electron chi connectivity index (χ1n) is 39.8. The van der Waals surface area contributed by atoms with E-state index in [2.05, 4.69) is 47.5 Å². The molecule has 9 rings (SSSR count). The van der Waals surface area contributed by atoms with Crippen molar-refractivity contribution < 1.29 is 96.5 Å². The summed E-state index contributed by atoms with van der Waals surface area (Å²) in [6.45, 7) is 8.07. The summed E-state index contributed by atoms with van der Waals surface area (Å²) in [5.41, 5.74) is 19.2. The van der Waals surface area contributed by atoms with Crippen molar-refractivity contribution in [3.8, 4) is 11.5 Å². The van der Waals surface area contributed by atoms with Gasteiger partial charge < -0.3 is 108 Å². The number of H-pyrrole nitrogens is 1. The molecule has 5 aromatic rings. The highest BCUT2D eigenvalue weighted by Gasteiger charge is 2.65. The minimum atomic E-state index is -1.95. The van der Waals surface area contributed by atoms with E-state index in [-0.39, 0.29) is 96.7 Å². The Kier molecular flexibility index (Phi) is 35.2. The molecule has 5 heterocycles. The second kappa shape index (κ2) is 44.6. The lowest BCUT2D eigenvalue weighted by molar-refractivity contribution is -0.162. The molecule has 17 atom stereocenters. The van der Waals surface area contributed by atoms with Crippen LogP contribution in [0.25, 0.3) is 10.9 Å². The monoisotopic (exact) mass is 1780 g/mol. The Morgan fingerprint density at radius 3 is 2.20 bits per heavy atom. The first kappa shape index (κ1) is 96.2. The van der Waals surface area contributed by atoms with Gasteiger partial charge in [-0.05, 0) is 119 Å². The summed E-state index contributed by atoms with van der Waals surface area (Å²) in [6, 6.07) is 12.0. The number of methoxy groups -OCH3 is 2. The number of epoxide rings is 1. The molecule has 0 unspecified atom stereocenters. The molecule has 122 heavy (non-hydrogen) atoms. The number of carbonyl (C=O) groups excluding carboxylic acids is 12. The number of phenolic OH excluding ortho intramolecular Hbond substituents is 1. The number of aliphatic hydroxyl groups excluding tert-OH is 1. The van der Waals surface area contributed by atoms with Gasteiger partial charge in [0.15, 0.2) is 5.72 Å². The number of nitrogens with two attached hydrogens (primary N) is 3. The number of likely N-dealkylation sites (N-methyl/N-ethyl adjacent to an activating group) is 1. The van der Waals surface area contributed by atoms with E-state index < -0.39 is 180 Å². The molecule has 4 aliphatic heterocycles. The molecule has 0 radical (unpaired) electrons. The van der Waals surface area contributed by atoms with Gasteiger partial charge in [-0.15, -0.1) is 0 Å². The summed E-state index contributed by atoms with van der Waals surface area (Å²) in [5, 5.41) is 55.7.